The lowest BCUT2D eigenvalue weighted by molar-refractivity contribution is 0.0398. The summed E-state index contributed by atoms with van der Waals surface area (Å²) in [5.41, 5.74) is 4.41. The fraction of sp³-hybridized carbons (Fsp3) is 0.367. The number of benzene rings is 1. The van der Waals surface area contributed by atoms with Gasteiger partial charge < -0.3 is 25.8 Å². The standard InChI is InChI=1S/C30H37N9O3/c1-20-4-5-24(35-30(41)23-6-7-31-25(16-23)15-22(3)40)17-26(20)36-29-14-21(2)37-39(29)28-18-27(33-19-34-28)32-8-9-38-10-12-42-13-11-38/h4-7,14,16-19,22,36,40H,8-13,15H2,1-3H3,(H,35,41)(H,32,33,34). The van der Waals surface area contributed by atoms with E-state index >= 15 is 0 Å². The second-order valence-corrected chi connectivity index (χ2v) is 10.4. The third kappa shape index (κ3) is 7.66. The SMILES string of the molecule is Cc1cc(Nc2cc(NC(=O)c3ccnc(CC(C)O)c3)ccc2C)n(-c2cc(NCCN3CCOCC3)ncn2)n1. The Morgan fingerprint density at radius 1 is 1.07 bits per heavy atom. The van der Waals surface area contributed by atoms with E-state index in [1.54, 1.807) is 29.9 Å². The second-order valence-electron chi connectivity index (χ2n) is 10.4. The molecule has 0 saturated carbocycles. The van der Waals surface area contributed by atoms with Gasteiger partial charge in [0.1, 0.15) is 18.0 Å². The van der Waals surface area contributed by atoms with Gasteiger partial charge in [-0.2, -0.15) is 9.78 Å². The summed E-state index contributed by atoms with van der Waals surface area (Å²) in [4.78, 5) is 28.4. The molecule has 1 aliphatic rings. The lowest BCUT2D eigenvalue weighted by Crippen LogP contribution is -2.39. The predicted octanol–water partition coefficient (Wildman–Crippen LogP) is 3.34. The van der Waals surface area contributed by atoms with E-state index in [0.717, 1.165) is 68.0 Å². The molecule has 1 atom stereocenters. The number of nitrogens with zero attached hydrogens (tertiary/aromatic N) is 6. The number of rotatable bonds is 11. The van der Waals surface area contributed by atoms with E-state index in [9.17, 15) is 9.90 Å². The van der Waals surface area contributed by atoms with Gasteiger partial charge in [-0.15, -0.1) is 0 Å². The van der Waals surface area contributed by atoms with E-state index in [4.69, 9.17) is 4.74 Å². The Kier molecular flexibility index (Phi) is 9.37. The van der Waals surface area contributed by atoms with Crippen molar-refractivity contribution in [2.45, 2.75) is 33.3 Å². The van der Waals surface area contributed by atoms with Crippen molar-refractivity contribution in [3.05, 3.63) is 77.5 Å². The summed E-state index contributed by atoms with van der Waals surface area (Å²) in [6, 6.07) is 12.9. The number of aliphatic hydroxyl groups excluding tert-OH is 1. The highest BCUT2D eigenvalue weighted by Gasteiger charge is 2.14. The first-order chi connectivity index (χ1) is 20.3. The van der Waals surface area contributed by atoms with Crippen LogP contribution in [0.2, 0.25) is 0 Å². The van der Waals surface area contributed by atoms with Crippen LogP contribution >= 0.6 is 0 Å². The van der Waals surface area contributed by atoms with Crippen LogP contribution in [0.4, 0.5) is 23.0 Å². The van der Waals surface area contributed by atoms with Gasteiger partial charge in [0.15, 0.2) is 5.82 Å². The Balaban J connectivity index is 1.28. The van der Waals surface area contributed by atoms with Crippen LogP contribution in [0.3, 0.4) is 0 Å². The van der Waals surface area contributed by atoms with E-state index in [-0.39, 0.29) is 5.91 Å². The van der Waals surface area contributed by atoms with Crippen LogP contribution in [0.15, 0.2) is 55.0 Å². The zero-order chi connectivity index (χ0) is 29.5. The number of hydrogen-bond acceptors (Lipinski definition) is 10. The molecule has 12 heteroatoms. The molecular formula is C30H37N9O3. The summed E-state index contributed by atoms with van der Waals surface area (Å²) in [6.07, 6.45) is 2.95. The minimum absolute atomic E-state index is 0.255. The molecule has 0 bridgehead atoms. The Hall–Kier alpha value is -4.39. The Bertz CT molecular complexity index is 1520. The number of hydrogen-bond donors (Lipinski definition) is 4. The highest BCUT2D eigenvalue weighted by atomic mass is 16.5. The molecule has 12 nitrogen and oxygen atoms in total. The van der Waals surface area contributed by atoms with Crippen molar-refractivity contribution in [3.8, 4) is 5.82 Å². The first-order valence-corrected chi connectivity index (χ1v) is 14.1. The molecule has 4 heterocycles. The summed E-state index contributed by atoms with van der Waals surface area (Å²) in [5.74, 6) is 1.83. The maximum atomic E-state index is 13.0. The van der Waals surface area contributed by atoms with Crippen molar-refractivity contribution in [3.63, 3.8) is 0 Å². The zero-order valence-corrected chi connectivity index (χ0v) is 24.2. The molecule has 42 heavy (non-hydrogen) atoms. The molecule has 1 fully saturated rings. The summed E-state index contributed by atoms with van der Waals surface area (Å²) < 4.78 is 7.17. The van der Waals surface area contributed by atoms with Gasteiger partial charge in [0.2, 0.25) is 0 Å². The Morgan fingerprint density at radius 3 is 2.71 bits per heavy atom. The van der Waals surface area contributed by atoms with Crippen LogP contribution in [0.25, 0.3) is 5.82 Å². The summed E-state index contributed by atoms with van der Waals surface area (Å²) in [5, 5.41) is 24.1. The number of ether oxygens (including phenoxy) is 1. The number of morpholine rings is 1. The van der Waals surface area contributed by atoms with Crippen LogP contribution in [0.1, 0.15) is 34.2 Å². The number of nitrogens with one attached hydrogen (secondary N) is 3. The fourth-order valence-electron chi connectivity index (χ4n) is 4.70. The molecule has 5 rings (SSSR count). The smallest absolute Gasteiger partial charge is 0.255 e. The van der Waals surface area contributed by atoms with Crippen molar-refractivity contribution >= 4 is 28.9 Å². The quantitative estimate of drug-likeness (QED) is 0.212. The van der Waals surface area contributed by atoms with Gasteiger partial charge in [-0.05, 0) is 50.6 Å². The first kappa shape index (κ1) is 29.1. The van der Waals surface area contributed by atoms with E-state index < -0.39 is 6.10 Å². The number of aliphatic hydroxyl groups is 1. The van der Waals surface area contributed by atoms with Gasteiger partial charge in [0.05, 0.1) is 25.0 Å². The van der Waals surface area contributed by atoms with Crippen LogP contribution in [0.5, 0.6) is 0 Å². The molecule has 4 N–H and O–H groups in total. The lowest BCUT2D eigenvalue weighted by atomic mass is 10.1. The zero-order valence-electron chi connectivity index (χ0n) is 24.2. The van der Waals surface area contributed by atoms with E-state index in [1.165, 1.54) is 6.33 Å². The maximum absolute atomic E-state index is 13.0. The van der Waals surface area contributed by atoms with Crippen LogP contribution in [0, 0.1) is 13.8 Å². The number of aryl methyl sites for hydroxylation is 2. The number of carbonyl (C=O) groups excluding carboxylic acids is 1. The highest BCUT2D eigenvalue weighted by Crippen LogP contribution is 2.27. The predicted molar refractivity (Wildman–Crippen MR) is 162 cm³/mol. The van der Waals surface area contributed by atoms with Crippen molar-refractivity contribution in [1.29, 1.82) is 0 Å². The van der Waals surface area contributed by atoms with Crippen molar-refractivity contribution in [2.75, 3.05) is 55.3 Å². The molecule has 220 valence electrons. The van der Waals surface area contributed by atoms with E-state index in [1.807, 2.05) is 44.2 Å². The minimum atomic E-state index is -0.538. The van der Waals surface area contributed by atoms with Gasteiger partial charge >= 0.3 is 0 Å². The number of aromatic nitrogens is 5. The second kappa shape index (κ2) is 13.5. The molecule has 3 aromatic heterocycles. The fourth-order valence-corrected chi connectivity index (χ4v) is 4.70. The van der Waals surface area contributed by atoms with Crippen molar-refractivity contribution < 1.29 is 14.6 Å². The van der Waals surface area contributed by atoms with Gasteiger partial charge in [0, 0.05) is 73.6 Å². The number of pyridine rings is 1. The van der Waals surface area contributed by atoms with Gasteiger partial charge in [-0.1, -0.05) is 6.07 Å². The maximum Gasteiger partial charge on any atom is 0.255 e. The van der Waals surface area contributed by atoms with E-state index in [0.29, 0.717) is 29.2 Å². The normalized spacial score (nSPS) is 14.4. The summed E-state index contributed by atoms with van der Waals surface area (Å²) in [6.45, 7) is 10.7. The van der Waals surface area contributed by atoms with Gasteiger partial charge in [-0.3, -0.25) is 14.7 Å². The molecule has 0 spiro atoms. The molecule has 0 radical (unpaired) electrons. The van der Waals surface area contributed by atoms with Crippen molar-refractivity contribution in [1.82, 2.24) is 29.6 Å². The summed E-state index contributed by atoms with van der Waals surface area (Å²) in [7, 11) is 0. The van der Waals surface area contributed by atoms with E-state index in [2.05, 4.69) is 40.9 Å². The molecule has 4 aromatic rings. The van der Waals surface area contributed by atoms with Crippen molar-refractivity contribution in [2.24, 2.45) is 0 Å². The molecule has 1 aliphatic heterocycles. The molecule has 0 aliphatic carbocycles. The van der Waals surface area contributed by atoms with Gasteiger partial charge in [0.25, 0.3) is 5.91 Å². The third-order valence-electron chi connectivity index (χ3n) is 6.88. The summed E-state index contributed by atoms with van der Waals surface area (Å²) >= 11 is 0. The average molecular weight is 572 g/mol. The Morgan fingerprint density at radius 2 is 1.90 bits per heavy atom. The average Bonchev–Trinajstić information content (AvgIpc) is 3.35. The molecule has 1 unspecified atom stereocenters. The van der Waals surface area contributed by atoms with Gasteiger partial charge in [-0.25, -0.2) is 9.97 Å². The number of carbonyl (C=O) groups is 1. The topological polar surface area (TPSA) is 142 Å². The largest absolute Gasteiger partial charge is 0.393 e. The third-order valence-corrected chi connectivity index (χ3v) is 6.88. The highest BCUT2D eigenvalue weighted by molar-refractivity contribution is 6.04. The minimum Gasteiger partial charge on any atom is -0.393 e. The molecule has 1 amide bonds. The number of anilines is 4. The van der Waals surface area contributed by atoms with Crippen LogP contribution in [-0.2, 0) is 11.2 Å². The Labute approximate surface area is 245 Å². The van der Waals surface area contributed by atoms with Crippen LogP contribution in [-0.4, -0.2) is 86.1 Å². The van der Waals surface area contributed by atoms with Crippen LogP contribution < -0.4 is 16.0 Å². The molecule has 1 saturated heterocycles. The lowest BCUT2D eigenvalue weighted by Gasteiger charge is -2.26. The monoisotopic (exact) mass is 571 g/mol. The number of amides is 1. The first-order valence-electron chi connectivity index (χ1n) is 14.1. The molecular weight excluding hydrogens is 534 g/mol. The molecule has 1 aromatic carbocycles.